The summed E-state index contributed by atoms with van der Waals surface area (Å²) in [6, 6.07) is 7.11. The first-order valence-electron chi connectivity index (χ1n) is 7.26. The number of thiocarbonyl (C=S) groups is 1. The Labute approximate surface area is 122 Å². The Balaban J connectivity index is 2.07. The van der Waals surface area contributed by atoms with E-state index in [1.54, 1.807) is 0 Å². The molecule has 1 fully saturated rings. The molecule has 0 saturated carbocycles. The molecule has 0 bridgehead atoms. The number of likely N-dealkylation sites (tertiary alicyclic amines) is 1. The van der Waals surface area contributed by atoms with Crippen LogP contribution in [0.4, 0.5) is 5.69 Å². The van der Waals surface area contributed by atoms with Crippen LogP contribution in [-0.2, 0) is 0 Å². The third-order valence-electron chi connectivity index (χ3n) is 3.83. The molecule has 1 unspecified atom stereocenters. The molecule has 1 saturated heterocycles. The molecule has 1 heterocycles. The number of benzene rings is 1. The number of nitrogens with one attached hydrogen (secondary N) is 1. The third-order valence-corrected chi connectivity index (χ3v) is 4.17. The molecule has 0 aromatic heterocycles. The summed E-state index contributed by atoms with van der Waals surface area (Å²) in [7, 11) is 0. The van der Waals surface area contributed by atoms with E-state index in [0.717, 1.165) is 17.3 Å². The van der Waals surface area contributed by atoms with E-state index in [4.69, 9.17) is 12.2 Å². The van der Waals surface area contributed by atoms with Crippen molar-refractivity contribution in [3.63, 3.8) is 0 Å². The van der Waals surface area contributed by atoms with Gasteiger partial charge in [0, 0.05) is 18.3 Å². The standard InChI is InChI=1S/C16H24N2S/c1-4-15-7-5-6-8-18(15)16(19)17-14-10-12(2)9-13(3)11-14/h9-11,15H,4-8H2,1-3H3,(H,17,19). The topological polar surface area (TPSA) is 15.3 Å². The highest BCUT2D eigenvalue weighted by atomic mass is 32.1. The van der Waals surface area contributed by atoms with E-state index in [2.05, 4.69) is 49.2 Å². The highest BCUT2D eigenvalue weighted by Gasteiger charge is 2.22. The van der Waals surface area contributed by atoms with Crippen LogP contribution in [-0.4, -0.2) is 22.6 Å². The zero-order chi connectivity index (χ0) is 13.8. The fraction of sp³-hybridized carbons (Fsp3) is 0.562. The Kier molecular flexibility index (Phi) is 4.81. The summed E-state index contributed by atoms with van der Waals surface area (Å²) in [5.41, 5.74) is 3.66. The Morgan fingerprint density at radius 3 is 2.58 bits per heavy atom. The number of aryl methyl sites for hydroxylation is 2. The van der Waals surface area contributed by atoms with Gasteiger partial charge in [0.1, 0.15) is 0 Å². The minimum Gasteiger partial charge on any atom is -0.346 e. The van der Waals surface area contributed by atoms with Gasteiger partial charge in [-0.1, -0.05) is 13.0 Å². The number of nitrogens with zero attached hydrogens (tertiary/aromatic N) is 1. The molecule has 104 valence electrons. The zero-order valence-electron chi connectivity index (χ0n) is 12.2. The SMILES string of the molecule is CCC1CCCCN1C(=S)Nc1cc(C)cc(C)c1. The summed E-state index contributed by atoms with van der Waals surface area (Å²) in [4.78, 5) is 2.37. The number of hydrogen-bond donors (Lipinski definition) is 1. The molecule has 19 heavy (non-hydrogen) atoms. The van der Waals surface area contributed by atoms with Crippen LogP contribution in [0.1, 0.15) is 43.7 Å². The van der Waals surface area contributed by atoms with Gasteiger partial charge >= 0.3 is 0 Å². The predicted molar refractivity (Wildman–Crippen MR) is 86.8 cm³/mol. The van der Waals surface area contributed by atoms with Gasteiger partial charge in [0.2, 0.25) is 0 Å². The van der Waals surface area contributed by atoms with E-state index in [0.29, 0.717) is 6.04 Å². The summed E-state index contributed by atoms with van der Waals surface area (Å²) in [5.74, 6) is 0. The van der Waals surface area contributed by atoms with Crippen LogP contribution >= 0.6 is 12.2 Å². The van der Waals surface area contributed by atoms with Crippen LogP contribution in [0, 0.1) is 13.8 Å². The number of rotatable bonds is 2. The van der Waals surface area contributed by atoms with Crippen molar-refractivity contribution in [2.24, 2.45) is 0 Å². The van der Waals surface area contributed by atoms with E-state index in [-0.39, 0.29) is 0 Å². The summed E-state index contributed by atoms with van der Waals surface area (Å²) in [5, 5.41) is 4.30. The van der Waals surface area contributed by atoms with Crippen molar-refractivity contribution in [2.45, 2.75) is 52.5 Å². The van der Waals surface area contributed by atoms with E-state index < -0.39 is 0 Å². The monoisotopic (exact) mass is 276 g/mol. The van der Waals surface area contributed by atoms with Crippen molar-refractivity contribution in [2.75, 3.05) is 11.9 Å². The Bertz CT molecular complexity index is 436. The van der Waals surface area contributed by atoms with E-state index in [9.17, 15) is 0 Å². The van der Waals surface area contributed by atoms with Gasteiger partial charge in [0.25, 0.3) is 0 Å². The fourth-order valence-electron chi connectivity index (χ4n) is 2.93. The number of piperidine rings is 1. The molecule has 0 radical (unpaired) electrons. The van der Waals surface area contributed by atoms with Gasteiger partial charge in [-0.3, -0.25) is 0 Å². The largest absolute Gasteiger partial charge is 0.346 e. The third kappa shape index (κ3) is 3.69. The van der Waals surface area contributed by atoms with Crippen LogP contribution in [0.15, 0.2) is 18.2 Å². The molecule has 2 nitrogen and oxygen atoms in total. The van der Waals surface area contributed by atoms with E-state index >= 15 is 0 Å². The lowest BCUT2D eigenvalue weighted by Gasteiger charge is -2.37. The maximum atomic E-state index is 5.60. The molecule has 1 aliphatic rings. The quantitative estimate of drug-likeness (QED) is 0.812. The van der Waals surface area contributed by atoms with Crippen molar-refractivity contribution in [1.29, 1.82) is 0 Å². The Morgan fingerprint density at radius 1 is 1.26 bits per heavy atom. The molecule has 1 aromatic carbocycles. The van der Waals surface area contributed by atoms with Crippen molar-refractivity contribution < 1.29 is 0 Å². The van der Waals surface area contributed by atoms with Crippen LogP contribution in [0.3, 0.4) is 0 Å². The van der Waals surface area contributed by atoms with Crippen LogP contribution in [0.5, 0.6) is 0 Å². The molecule has 1 atom stereocenters. The fourth-order valence-corrected chi connectivity index (χ4v) is 3.29. The van der Waals surface area contributed by atoms with Crippen molar-refractivity contribution >= 4 is 23.0 Å². The maximum absolute atomic E-state index is 5.60. The highest BCUT2D eigenvalue weighted by Crippen LogP contribution is 2.21. The first-order chi connectivity index (χ1) is 9.10. The van der Waals surface area contributed by atoms with Crippen molar-refractivity contribution in [3.8, 4) is 0 Å². The Morgan fingerprint density at radius 2 is 1.95 bits per heavy atom. The molecule has 2 rings (SSSR count). The summed E-state index contributed by atoms with van der Waals surface area (Å²) >= 11 is 5.60. The normalized spacial score (nSPS) is 19.3. The summed E-state index contributed by atoms with van der Waals surface area (Å²) < 4.78 is 0. The van der Waals surface area contributed by atoms with Gasteiger partial charge in [-0.15, -0.1) is 0 Å². The predicted octanol–water partition coefficient (Wildman–Crippen LogP) is 4.26. The van der Waals surface area contributed by atoms with Gasteiger partial charge in [0.15, 0.2) is 5.11 Å². The van der Waals surface area contributed by atoms with Crippen molar-refractivity contribution in [3.05, 3.63) is 29.3 Å². The summed E-state index contributed by atoms with van der Waals surface area (Å²) in [6.45, 7) is 7.59. The number of anilines is 1. The van der Waals surface area contributed by atoms with Crippen LogP contribution < -0.4 is 5.32 Å². The first-order valence-corrected chi connectivity index (χ1v) is 7.67. The number of hydrogen-bond acceptors (Lipinski definition) is 1. The Hall–Kier alpha value is -1.09. The molecule has 0 spiro atoms. The summed E-state index contributed by atoms with van der Waals surface area (Å²) in [6.07, 6.45) is 5.03. The van der Waals surface area contributed by atoms with Crippen LogP contribution in [0.25, 0.3) is 0 Å². The molecule has 3 heteroatoms. The molecular formula is C16H24N2S. The minimum absolute atomic E-state index is 0.611. The lowest BCUT2D eigenvalue weighted by molar-refractivity contribution is 0.239. The van der Waals surface area contributed by atoms with Crippen LogP contribution in [0.2, 0.25) is 0 Å². The molecule has 1 aromatic rings. The van der Waals surface area contributed by atoms with E-state index in [1.165, 1.54) is 36.8 Å². The average molecular weight is 276 g/mol. The van der Waals surface area contributed by atoms with Gasteiger partial charge in [-0.25, -0.2) is 0 Å². The second-order valence-electron chi connectivity index (χ2n) is 5.56. The zero-order valence-corrected chi connectivity index (χ0v) is 13.0. The van der Waals surface area contributed by atoms with Gasteiger partial charge in [-0.05, 0) is 75.0 Å². The van der Waals surface area contributed by atoms with E-state index in [1.807, 2.05) is 0 Å². The van der Waals surface area contributed by atoms with Crippen molar-refractivity contribution in [1.82, 2.24) is 4.90 Å². The second kappa shape index (κ2) is 6.38. The highest BCUT2D eigenvalue weighted by molar-refractivity contribution is 7.80. The molecule has 1 aliphatic heterocycles. The molecular weight excluding hydrogens is 252 g/mol. The van der Waals surface area contributed by atoms with Gasteiger partial charge < -0.3 is 10.2 Å². The molecule has 0 aliphatic carbocycles. The molecule has 1 N–H and O–H groups in total. The first kappa shape index (κ1) is 14.3. The average Bonchev–Trinajstić information content (AvgIpc) is 2.37. The van der Waals surface area contributed by atoms with Gasteiger partial charge in [-0.2, -0.15) is 0 Å². The lowest BCUT2D eigenvalue weighted by atomic mass is 10.0. The van der Waals surface area contributed by atoms with Gasteiger partial charge in [0.05, 0.1) is 0 Å². The molecule has 0 amide bonds. The smallest absolute Gasteiger partial charge is 0.173 e. The second-order valence-corrected chi connectivity index (χ2v) is 5.94. The lowest BCUT2D eigenvalue weighted by Crippen LogP contribution is -2.45. The minimum atomic E-state index is 0.611. The maximum Gasteiger partial charge on any atom is 0.173 e.